The summed E-state index contributed by atoms with van der Waals surface area (Å²) in [7, 11) is 1.65. The van der Waals surface area contributed by atoms with Gasteiger partial charge in [-0.25, -0.2) is 0 Å². The van der Waals surface area contributed by atoms with Gasteiger partial charge in [0, 0.05) is 32.4 Å². The minimum absolute atomic E-state index is 0.127. The number of rotatable bonds is 8. The maximum Gasteiger partial charge on any atom is 0.161 e. The zero-order valence-electron chi connectivity index (χ0n) is 14.4. The number of ether oxygens (including phenoxy) is 3. The third kappa shape index (κ3) is 5.30. The van der Waals surface area contributed by atoms with Crippen LogP contribution in [0.1, 0.15) is 0 Å². The number of nitrogens with zero attached hydrogens (tertiary/aromatic N) is 3. The predicted molar refractivity (Wildman–Crippen MR) is 95.2 cm³/mol. The SMILES string of the molecule is COc1ccccc1OCCN1CCO[C@H](CNc2cccnn2)C1. The van der Waals surface area contributed by atoms with E-state index in [1.807, 2.05) is 36.4 Å². The van der Waals surface area contributed by atoms with Crippen LogP contribution in [0.4, 0.5) is 5.82 Å². The Bertz CT molecular complexity index is 641. The third-order valence-corrected chi connectivity index (χ3v) is 4.04. The molecule has 134 valence electrons. The zero-order valence-corrected chi connectivity index (χ0v) is 14.4. The second kappa shape index (κ2) is 9.19. The number of nitrogens with one attached hydrogen (secondary N) is 1. The van der Waals surface area contributed by atoms with Crippen molar-refractivity contribution in [1.82, 2.24) is 15.1 Å². The van der Waals surface area contributed by atoms with Crippen molar-refractivity contribution in [2.45, 2.75) is 6.10 Å². The van der Waals surface area contributed by atoms with Crippen molar-refractivity contribution in [3.05, 3.63) is 42.6 Å². The molecule has 1 aliphatic heterocycles. The number of benzene rings is 1. The van der Waals surface area contributed by atoms with Crippen molar-refractivity contribution in [3.63, 3.8) is 0 Å². The van der Waals surface area contributed by atoms with Gasteiger partial charge >= 0.3 is 0 Å². The Morgan fingerprint density at radius 3 is 2.92 bits per heavy atom. The smallest absolute Gasteiger partial charge is 0.161 e. The van der Waals surface area contributed by atoms with E-state index in [0.717, 1.165) is 43.6 Å². The van der Waals surface area contributed by atoms with Crippen molar-refractivity contribution in [2.75, 3.05) is 51.8 Å². The number of methoxy groups -OCH3 is 1. The first-order valence-electron chi connectivity index (χ1n) is 8.46. The highest BCUT2D eigenvalue weighted by Gasteiger charge is 2.20. The number of para-hydroxylation sites is 2. The Morgan fingerprint density at radius 2 is 2.12 bits per heavy atom. The molecule has 0 aliphatic carbocycles. The summed E-state index contributed by atoms with van der Waals surface area (Å²) in [6, 6.07) is 11.5. The van der Waals surface area contributed by atoms with Crippen molar-refractivity contribution in [1.29, 1.82) is 0 Å². The van der Waals surface area contributed by atoms with Gasteiger partial charge in [-0.15, -0.1) is 5.10 Å². The van der Waals surface area contributed by atoms with Crippen LogP contribution < -0.4 is 14.8 Å². The summed E-state index contributed by atoms with van der Waals surface area (Å²) in [5.41, 5.74) is 0. The van der Waals surface area contributed by atoms with E-state index < -0.39 is 0 Å². The van der Waals surface area contributed by atoms with Crippen LogP contribution in [-0.2, 0) is 4.74 Å². The van der Waals surface area contributed by atoms with Gasteiger partial charge < -0.3 is 19.5 Å². The number of hydrogen-bond acceptors (Lipinski definition) is 7. The van der Waals surface area contributed by atoms with E-state index in [2.05, 4.69) is 20.4 Å². The van der Waals surface area contributed by atoms with E-state index in [4.69, 9.17) is 14.2 Å². The topological polar surface area (TPSA) is 68.7 Å². The molecule has 1 N–H and O–H groups in total. The lowest BCUT2D eigenvalue weighted by molar-refractivity contribution is -0.0242. The summed E-state index contributed by atoms with van der Waals surface area (Å²) in [6.07, 6.45) is 1.79. The Morgan fingerprint density at radius 1 is 1.24 bits per heavy atom. The maximum atomic E-state index is 5.85. The molecular weight excluding hydrogens is 320 g/mol. The summed E-state index contributed by atoms with van der Waals surface area (Å²) < 4.78 is 17.0. The molecule has 1 aromatic heterocycles. The lowest BCUT2D eigenvalue weighted by atomic mass is 10.2. The summed E-state index contributed by atoms with van der Waals surface area (Å²) in [5, 5.41) is 11.1. The second-order valence-electron chi connectivity index (χ2n) is 5.78. The van der Waals surface area contributed by atoms with Crippen LogP contribution >= 0.6 is 0 Å². The molecule has 0 unspecified atom stereocenters. The van der Waals surface area contributed by atoms with Gasteiger partial charge in [-0.05, 0) is 24.3 Å². The molecule has 0 saturated carbocycles. The van der Waals surface area contributed by atoms with E-state index in [1.165, 1.54) is 0 Å². The molecule has 1 aromatic carbocycles. The molecule has 3 rings (SSSR count). The van der Waals surface area contributed by atoms with Crippen molar-refractivity contribution >= 4 is 5.82 Å². The largest absolute Gasteiger partial charge is 0.493 e. The highest BCUT2D eigenvalue weighted by molar-refractivity contribution is 5.39. The molecule has 1 aliphatic rings. The first-order chi connectivity index (χ1) is 12.3. The minimum atomic E-state index is 0.127. The average molecular weight is 344 g/mol. The van der Waals surface area contributed by atoms with Gasteiger partial charge in [-0.3, -0.25) is 4.90 Å². The highest BCUT2D eigenvalue weighted by atomic mass is 16.5. The fraction of sp³-hybridized carbons (Fsp3) is 0.444. The zero-order chi connectivity index (χ0) is 17.3. The minimum Gasteiger partial charge on any atom is -0.493 e. The van der Waals surface area contributed by atoms with Gasteiger partial charge in [0.15, 0.2) is 11.5 Å². The van der Waals surface area contributed by atoms with Gasteiger partial charge in [0.1, 0.15) is 12.4 Å². The molecule has 1 atom stereocenters. The number of aromatic nitrogens is 2. The molecule has 7 heteroatoms. The Hall–Kier alpha value is -2.38. The molecule has 0 amide bonds. The Balaban J connectivity index is 1.41. The van der Waals surface area contributed by atoms with Crippen LogP contribution in [0.3, 0.4) is 0 Å². The first-order valence-corrected chi connectivity index (χ1v) is 8.46. The van der Waals surface area contributed by atoms with Gasteiger partial charge in [0.2, 0.25) is 0 Å². The van der Waals surface area contributed by atoms with E-state index in [1.54, 1.807) is 13.3 Å². The molecule has 1 fully saturated rings. The van der Waals surface area contributed by atoms with Gasteiger partial charge in [-0.1, -0.05) is 12.1 Å². The van der Waals surface area contributed by atoms with E-state index >= 15 is 0 Å². The molecule has 0 bridgehead atoms. The van der Waals surface area contributed by atoms with E-state index in [0.29, 0.717) is 13.2 Å². The second-order valence-corrected chi connectivity index (χ2v) is 5.78. The van der Waals surface area contributed by atoms with E-state index in [-0.39, 0.29) is 6.10 Å². The van der Waals surface area contributed by atoms with Gasteiger partial charge in [-0.2, -0.15) is 5.10 Å². The number of hydrogen-bond donors (Lipinski definition) is 1. The van der Waals surface area contributed by atoms with Crippen molar-refractivity contribution in [3.8, 4) is 11.5 Å². The number of morpholine rings is 1. The molecule has 25 heavy (non-hydrogen) atoms. The van der Waals surface area contributed by atoms with Crippen molar-refractivity contribution < 1.29 is 14.2 Å². The number of anilines is 1. The summed E-state index contributed by atoms with van der Waals surface area (Å²) >= 11 is 0. The summed E-state index contributed by atoms with van der Waals surface area (Å²) in [5.74, 6) is 2.30. The lowest BCUT2D eigenvalue weighted by Crippen LogP contribution is -2.46. The fourth-order valence-electron chi connectivity index (χ4n) is 2.74. The predicted octanol–water partition coefficient (Wildman–Crippen LogP) is 1.68. The van der Waals surface area contributed by atoms with Crippen LogP contribution in [0.2, 0.25) is 0 Å². The normalized spacial score (nSPS) is 17.9. The molecule has 1 saturated heterocycles. The van der Waals surface area contributed by atoms with Gasteiger partial charge in [0.25, 0.3) is 0 Å². The molecule has 7 nitrogen and oxygen atoms in total. The molecule has 2 heterocycles. The van der Waals surface area contributed by atoms with Crippen LogP contribution in [0.25, 0.3) is 0 Å². The fourth-order valence-corrected chi connectivity index (χ4v) is 2.74. The highest BCUT2D eigenvalue weighted by Crippen LogP contribution is 2.25. The Kier molecular flexibility index (Phi) is 6.42. The third-order valence-electron chi connectivity index (χ3n) is 4.04. The van der Waals surface area contributed by atoms with Crippen molar-refractivity contribution in [2.24, 2.45) is 0 Å². The van der Waals surface area contributed by atoms with Crippen LogP contribution in [0.15, 0.2) is 42.6 Å². The van der Waals surface area contributed by atoms with Crippen LogP contribution in [0, 0.1) is 0 Å². The summed E-state index contributed by atoms with van der Waals surface area (Å²) in [4.78, 5) is 2.35. The standard InChI is InChI=1S/C18H24N4O3/c1-23-16-5-2-3-6-17(16)25-12-10-22-9-11-24-15(14-22)13-19-18-7-4-8-20-21-18/h2-8,15H,9-14H2,1H3,(H,19,21)/t15-/m1/s1. The molecule has 2 aromatic rings. The van der Waals surface area contributed by atoms with Crippen LogP contribution in [-0.4, -0.2) is 67.7 Å². The summed E-state index contributed by atoms with van der Waals surface area (Å²) in [6.45, 7) is 4.68. The molecule has 0 radical (unpaired) electrons. The quantitative estimate of drug-likeness (QED) is 0.781. The van der Waals surface area contributed by atoms with Gasteiger partial charge in [0.05, 0.1) is 19.8 Å². The van der Waals surface area contributed by atoms with Crippen LogP contribution in [0.5, 0.6) is 11.5 Å². The maximum absolute atomic E-state index is 5.85. The lowest BCUT2D eigenvalue weighted by Gasteiger charge is -2.32. The van der Waals surface area contributed by atoms with E-state index in [9.17, 15) is 0 Å². The monoisotopic (exact) mass is 344 g/mol. The Labute approximate surface area is 147 Å². The average Bonchev–Trinajstić information content (AvgIpc) is 2.68. The molecular formula is C18H24N4O3. The first kappa shape index (κ1) is 17.4. The molecule has 0 spiro atoms.